The summed E-state index contributed by atoms with van der Waals surface area (Å²) in [6.07, 6.45) is 0.953. The number of benzene rings is 2. The van der Waals surface area contributed by atoms with Gasteiger partial charge in [-0.2, -0.15) is 4.98 Å². The minimum Gasteiger partial charge on any atom is -0.496 e. The molecular weight excluding hydrogens is 408 g/mol. The molecule has 0 spiro atoms. The standard InChI is InChI=1S/C24H26N4O4/c1-15(2)13-16-9-11-17(12-10-16)24(3)22(29)28(23(30)26-24)14-20-25-21(27-32-20)18-7-5-6-8-19(18)31-4/h5-12,15H,13-14H2,1-4H3,(H,26,30). The number of aromatic nitrogens is 2. The summed E-state index contributed by atoms with van der Waals surface area (Å²) in [5, 5.41) is 6.79. The molecule has 166 valence electrons. The van der Waals surface area contributed by atoms with Crippen LogP contribution in [-0.4, -0.2) is 34.1 Å². The van der Waals surface area contributed by atoms with Crippen molar-refractivity contribution in [2.24, 2.45) is 5.92 Å². The summed E-state index contributed by atoms with van der Waals surface area (Å²) in [7, 11) is 1.56. The number of carbonyl (C=O) groups excluding carboxylic acids is 2. The largest absolute Gasteiger partial charge is 0.496 e. The van der Waals surface area contributed by atoms with E-state index in [1.165, 1.54) is 5.56 Å². The van der Waals surface area contributed by atoms with Gasteiger partial charge in [0.2, 0.25) is 11.7 Å². The zero-order valence-corrected chi connectivity index (χ0v) is 18.6. The number of ether oxygens (including phenoxy) is 1. The Morgan fingerprint density at radius 2 is 1.84 bits per heavy atom. The molecule has 0 aliphatic carbocycles. The Kier molecular flexibility index (Phi) is 5.69. The predicted octanol–water partition coefficient (Wildman–Crippen LogP) is 3.91. The number of hydrogen-bond donors (Lipinski definition) is 1. The number of methoxy groups -OCH3 is 1. The quantitative estimate of drug-likeness (QED) is 0.566. The maximum Gasteiger partial charge on any atom is 0.325 e. The molecule has 8 nitrogen and oxygen atoms in total. The second-order valence-electron chi connectivity index (χ2n) is 8.45. The van der Waals surface area contributed by atoms with Crippen LogP contribution in [0, 0.1) is 5.92 Å². The fourth-order valence-electron chi connectivity index (χ4n) is 3.87. The molecule has 1 N–H and O–H groups in total. The van der Waals surface area contributed by atoms with E-state index < -0.39 is 11.6 Å². The van der Waals surface area contributed by atoms with Crippen molar-refractivity contribution in [1.82, 2.24) is 20.4 Å². The maximum atomic E-state index is 13.2. The average molecular weight is 434 g/mol. The molecule has 0 saturated carbocycles. The second-order valence-corrected chi connectivity index (χ2v) is 8.45. The van der Waals surface area contributed by atoms with Crippen LogP contribution in [0.25, 0.3) is 11.4 Å². The van der Waals surface area contributed by atoms with Gasteiger partial charge in [-0.1, -0.05) is 55.4 Å². The Labute approximate surface area is 186 Å². The van der Waals surface area contributed by atoms with Crippen molar-refractivity contribution in [1.29, 1.82) is 0 Å². The number of hydrogen-bond acceptors (Lipinski definition) is 6. The van der Waals surface area contributed by atoms with E-state index in [4.69, 9.17) is 9.26 Å². The molecule has 2 heterocycles. The Morgan fingerprint density at radius 1 is 1.12 bits per heavy atom. The van der Waals surface area contributed by atoms with Gasteiger partial charge in [0.1, 0.15) is 17.8 Å². The van der Waals surface area contributed by atoms with Crippen molar-refractivity contribution in [2.45, 2.75) is 39.3 Å². The van der Waals surface area contributed by atoms with Crippen LogP contribution in [0.3, 0.4) is 0 Å². The monoisotopic (exact) mass is 434 g/mol. The van der Waals surface area contributed by atoms with Gasteiger partial charge in [0.25, 0.3) is 5.91 Å². The second kappa shape index (κ2) is 8.45. The minimum absolute atomic E-state index is 0.117. The first kappa shape index (κ1) is 21.5. The summed E-state index contributed by atoms with van der Waals surface area (Å²) in [5.41, 5.74) is 1.43. The molecule has 1 fully saturated rings. The van der Waals surface area contributed by atoms with Gasteiger partial charge in [-0.25, -0.2) is 4.79 Å². The highest BCUT2D eigenvalue weighted by Gasteiger charge is 2.49. The summed E-state index contributed by atoms with van der Waals surface area (Å²) in [4.78, 5) is 31.3. The zero-order valence-electron chi connectivity index (χ0n) is 18.6. The molecule has 2 aromatic carbocycles. The van der Waals surface area contributed by atoms with Crippen LogP contribution in [0.15, 0.2) is 53.1 Å². The van der Waals surface area contributed by atoms with Gasteiger partial charge in [-0.3, -0.25) is 9.69 Å². The van der Waals surface area contributed by atoms with E-state index in [0.29, 0.717) is 23.1 Å². The fourth-order valence-corrected chi connectivity index (χ4v) is 3.87. The van der Waals surface area contributed by atoms with Crippen LogP contribution < -0.4 is 10.1 Å². The third kappa shape index (κ3) is 3.95. The van der Waals surface area contributed by atoms with E-state index in [2.05, 4.69) is 29.3 Å². The van der Waals surface area contributed by atoms with Gasteiger partial charge in [0, 0.05) is 0 Å². The summed E-state index contributed by atoms with van der Waals surface area (Å²) >= 11 is 0. The number of nitrogens with one attached hydrogen (secondary N) is 1. The summed E-state index contributed by atoms with van der Waals surface area (Å²) in [6, 6.07) is 14.6. The molecule has 8 heteroatoms. The lowest BCUT2D eigenvalue weighted by Gasteiger charge is -2.22. The first-order valence-corrected chi connectivity index (χ1v) is 10.5. The van der Waals surface area contributed by atoms with Gasteiger partial charge in [0.05, 0.1) is 12.7 Å². The Hall–Kier alpha value is -3.68. The van der Waals surface area contributed by atoms with Crippen molar-refractivity contribution in [3.05, 3.63) is 65.5 Å². The molecule has 1 saturated heterocycles. The third-order valence-electron chi connectivity index (χ3n) is 5.56. The molecule has 1 aromatic heterocycles. The van der Waals surface area contributed by atoms with E-state index in [-0.39, 0.29) is 18.3 Å². The van der Waals surface area contributed by atoms with Gasteiger partial charge in [0.15, 0.2) is 0 Å². The molecule has 0 bridgehead atoms. The number of nitrogens with zero attached hydrogens (tertiary/aromatic N) is 3. The molecule has 1 atom stereocenters. The van der Waals surface area contributed by atoms with Crippen molar-refractivity contribution in [3.8, 4) is 17.1 Å². The third-order valence-corrected chi connectivity index (χ3v) is 5.56. The van der Waals surface area contributed by atoms with Gasteiger partial charge < -0.3 is 14.6 Å². The summed E-state index contributed by atoms with van der Waals surface area (Å²) in [6.45, 7) is 5.90. The number of para-hydroxylation sites is 1. The number of carbonyl (C=O) groups is 2. The lowest BCUT2D eigenvalue weighted by Crippen LogP contribution is -2.40. The molecule has 1 unspecified atom stereocenters. The van der Waals surface area contributed by atoms with E-state index in [1.807, 2.05) is 36.4 Å². The molecule has 3 aromatic rings. The van der Waals surface area contributed by atoms with E-state index in [0.717, 1.165) is 16.9 Å². The fraction of sp³-hybridized carbons (Fsp3) is 0.333. The SMILES string of the molecule is COc1ccccc1-c1noc(CN2C(=O)NC(C)(c3ccc(CC(C)C)cc3)C2=O)n1. The molecule has 1 aliphatic rings. The minimum atomic E-state index is -1.15. The highest BCUT2D eigenvalue weighted by molar-refractivity contribution is 6.07. The molecule has 4 rings (SSSR count). The highest BCUT2D eigenvalue weighted by Crippen LogP contribution is 2.31. The van der Waals surface area contributed by atoms with E-state index in [9.17, 15) is 9.59 Å². The first-order valence-electron chi connectivity index (χ1n) is 10.5. The van der Waals surface area contributed by atoms with Gasteiger partial charge in [-0.15, -0.1) is 0 Å². The first-order chi connectivity index (χ1) is 15.3. The molecular formula is C24H26N4O4. The van der Waals surface area contributed by atoms with Crippen LogP contribution in [-0.2, 0) is 23.3 Å². The van der Waals surface area contributed by atoms with Crippen LogP contribution in [0.2, 0.25) is 0 Å². The van der Waals surface area contributed by atoms with Crippen LogP contribution in [0.5, 0.6) is 5.75 Å². The Bertz CT molecular complexity index is 1140. The lowest BCUT2D eigenvalue weighted by molar-refractivity contribution is -0.131. The zero-order chi connectivity index (χ0) is 22.9. The Morgan fingerprint density at radius 3 is 2.53 bits per heavy atom. The number of amides is 3. The number of rotatable bonds is 7. The molecule has 32 heavy (non-hydrogen) atoms. The topological polar surface area (TPSA) is 97.6 Å². The van der Waals surface area contributed by atoms with E-state index in [1.54, 1.807) is 26.2 Å². The average Bonchev–Trinajstić information content (AvgIpc) is 3.33. The number of imide groups is 1. The van der Waals surface area contributed by atoms with Crippen LogP contribution in [0.4, 0.5) is 4.79 Å². The summed E-state index contributed by atoms with van der Waals surface area (Å²) < 4.78 is 10.6. The van der Waals surface area contributed by atoms with Crippen molar-refractivity contribution in [3.63, 3.8) is 0 Å². The van der Waals surface area contributed by atoms with Crippen molar-refractivity contribution < 1.29 is 18.8 Å². The normalized spacial score (nSPS) is 18.3. The van der Waals surface area contributed by atoms with E-state index >= 15 is 0 Å². The number of urea groups is 1. The molecule has 0 radical (unpaired) electrons. The smallest absolute Gasteiger partial charge is 0.325 e. The van der Waals surface area contributed by atoms with Crippen LogP contribution >= 0.6 is 0 Å². The lowest BCUT2D eigenvalue weighted by atomic mass is 9.90. The maximum absolute atomic E-state index is 13.2. The van der Waals surface area contributed by atoms with Gasteiger partial charge in [-0.05, 0) is 42.5 Å². The Balaban J connectivity index is 1.53. The van der Waals surface area contributed by atoms with Gasteiger partial charge >= 0.3 is 6.03 Å². The molecule has 1 aliphatic heterocycles. The predicted molar refractivity (Wildman–Crippen MR) is 118 cm³/mol. The van der Waals surface area contributed by atoms with Crippen LogP contribution in [0.1, 0.15) is 37.8 Å². The van der Waals surface area contributed by atoms with Crippen molar-refractivity contribution >= 4 is 11.9 Å². The molecule has 3 amide bonds. The highest BCUT2D eigenvalue weighted by atomic mass is 16.5. The van der Waals surface area contributed by atoms with Crippen molar-refractivity contribution in [2.75, 3.05) is 7.11 Å². The summed E-state index contributed by atoms with van der Waals surface area (Å²) in [5.74, 6) is 1.26.